The van der Waals surface area contributed by atoms with Crippen LogP contribution in [-0.4, -0.2) is 17.0 Å². The van der Waals surface area contributed by atoms with E-state index in [0.717, 1.165) is 6.42 Å². The summed E-state index contributed by atoms with van der Waals surface area (Å²) in [5, 5.41) is 9.47. The Morgan fingerprint density at radius 1 is 1.31 bits per heavy atom. The number of benzene rings is 1. The largest absolute Gasteiger partial charge is 0.396 e. The maximum atomic E-state index is 8.87. The minimum absolute atomic E-state index is 0.232. The van der Waals surface area contributed by atoms with E-state index in [1.807, 2.05) is 23.9 Å². The Bertz CT molecular complexity index is 258. The topological polar surface area (TPSA) is 20.2 Å². The van der Waals surface area contributed by atoms with Gasteiger partial charge in [0.15, 0.2) is 0 Å². The molecular weight excluding hydrogens is 180 g/mol. The maximum absolute atomic E-state index is 8.87. The van der Waals surface area contributed by atoms with Crippen molar-refractivity contribution in [3.8, 4) is 0 Å². The van der Waals surface area contributed by atoms with Crippen LogP contribution in [0.25, 0.3) is 0 Å². The molecule has 0 fully saturated rings. The van der Waals surface area contributed by atoms with Gasteiger partial charge in [-0.2, -0.15) is 0 Å². The molecule has 0 aromatic heterocycles. The lowest BCUT2D eigenvalue weighted by Crippen LogP contribution is -1.95. The summed E-state index contributed by atoms with van der Waals surface area (Å²) in [6.07, 6.45) is 0.760. The summed E-state index contributed by atoms with van der Waals surface area (Å²) in [4.78, 5) is 1.30. The monoisotopic (exact) mass is 196 g/mol. The molecule has 0 aliphatic rings. The highest BCUT2D eigenvalue weighted by molar-refractivity contribution is 8.00. The highest BCUT2D eigenvalue weighted by Crippen LogP contribution is 2.26. The molecule has 0 radical (unpaired) electrons. The first-order valence-corrected chi connectivity index (χ1v) is 5.47. The molecular formula is C11H16OS. The van der Waals surface area contributed by atoms with Crippen molar-refractivity contribution in [1.29, 1.82) is 0 Å². The first-order valence-electron chi connectivity index (χ1n) is 4.59. The first kappa shape index (κ1) is 10.6. The molecule has 72 valence electrons. The van der Waals surface area contributed by atoms with E-state index in [1.165, 1.54) is 10.5 Å². The second kappa shape index (κ2) is 5.30. The van der Waals surface area contributed by atoms with E-state index >= 15 is 0 Å². The van der Waals surface area contributed by atoms with Crippen molar-refractivity contribution in [3.63, 3.8) is 0 Å². The third-order valence-corrected chi connectivity index (χ3v) is 2.84. The van der Waals surface area contributed by atoms with Crippen LogP contribution in [0.4, 0.5) is 0 Å². The van der Waals surface area contributed by atoms with Gasteiger partial charge in [-0.25, -0.2) is 0 Å². The predicted octanol–water partition coefficient (Wildman–Crippen LogP) is 2.72. The molecule has 0 unspecified atom stereocenters. The highest BCUT2D eigenvalue weighted by Gasteiger charge is 2.03. The maximum Gasteiger partial charge on any atom is 0.0471 e. The number of hydrogen-bond donors (Lipinski definition) is 1. The summed E-state index contributed by atoms with van der Waals surface area (Å²) in [6.45, 7) is 4.59. The predicted molar refractivity (Wildman–Crippen MR) is 58.2 cm³/mol. The SMILES string of the molecule is CC(C)Sc1ccccc1CCO. The van der Waals surface area contributed by atoms with Crippen molar-refractivity contribution in [2.45, 2.75) is 30.4 Å². The van der Waals surface area contributed by atoms with Crippen molar-refractivity contribution in [2.75, 3.05) is 6.61 Å². The van der Waals surface area contributed by atoms with Crippen LogP contribution >= 0.6 is 11.8 Å². The summed E-state index contributed by atoms with van der Waals surface area (Å²) in [5.41, 5.74) is 1.25. The average Bonchev–Trinajstić information content (AvgIpc) is 2.08. The summed E-state index contributed by atoms with van der Waals surface area (Å²) >= 11 is 1.85. The standard InChI is InChI=1S/C11H16OS/c1-9(2)13-11-6-4-3-5-10(11)7-8-12/h3-6,9,12H,7-8H2,1-2H3. The van der Waals surface area contributed by atoms with E-state index in [0.29, 0.717) is 5.25 Å². The second-order valence-corrected chi connectivity index (χ2v) is 4.87. The van der Waals surface area contributed by atoms with E-state index in [4.69, 9.17) is 5.11 Å². The van der Waals surface area contributed by atoms with Crippen LogP contribution in [0.1, 0.15) is 19.4 Å². The van der Waals surface area contributed by atoms with Gasteiger partial charge in [0, 0.05) is 16.8 Å². The Morgan fingerprint density at radius 2 is 2.00 bits per heavy atom. The molecule has 0 aliphatic carbocycles. The Balaban J connectivity index is 2.78. The quantitative estimate of drug-likeness (QED) is 0.747. The number of thioether (sulfide) groups is 1. The minimum atomic E-state index is 0.232. The fourth-order valence-electron chi connectivity index (χ4n) is 1.20. The number of aliphatic hydroxyl groups excluding tert-OH is 1. The molecule has 1 aromatic rings. The Hall–Kier alpha value is -0.470. The summed E-state index contributed by atoms with van der Waals surface area (Å²) < 4.78 is 0. The summed E-state index contributed by atoms with van der Waals surface area (Å²) in [5.74, 6) is 0. The summed E-state index contributed by atoms with van der Waals surface area (Å²) in [7, 11) is 0. The lowest BCUT2D eigenvalue weighted by Gasteiger charge is -2.09. The third-order valence-electron chi connectivity index (χ3n) is 1.72. The van der Waals surface area contributed by atoms with Gasteiger partial charge in [0.1, 0.15) is 0 Å². The molecule has 1 nitrogen and oxygen atoms in total. The van der Waals surface area contributed by atoms with E-state index in [9.17, 15) is 0 Å². The molecule has 1 aromatic carbocycles. The molecule has 0 bridgehead atoms. The van der Waals surface area contributed by atoms with Gasteiger partial charge in [-0.3, -0.25) is 0 Å². The Labute approximate surface area is 84.2 Å². The van der Waals surface area contributed by atoms with E-state index < -0.39 is 0 Å². The molecule has 0 amide bonds. The molecule has 13 heavy (non-hydrogen) atoms. The van der Waals surface area contributed by atoms with Gasteiger partial charge in [0.05, 0.1) is 0 Å². The lowest BCUT2D eigenvalue weighted by molar-refractivity contribution is 0.299. The first-order chi connectivity index (χ1) is 6.24. The lowest BCUT2D eigenvalue weighted by atomic mass is 10.2. The van der Waals surface area contributed by atoms with Gasteiger partial charge >= 0.3 is 0 Å². The molecule has 0 aliphatic heterocycles. The fraction of sp³-hybridized carbons (Fsp3) is 0.455. The minimum Gasteiger partial charge on any atom is -0.396 e. The molecule has 0 saturated heterocycles. The molecule has 2 heteroatoms. The van der Waals surface area contributed by atoms with Crippen LogP contribution in [0.5, 0.6) is 0 Å². The van der Waals surface area contributed by atoms with Crippen LogP contribution in [0.2, 0.25) is 0 Å². The van der Waals surface area contributed by atoms with Crippen LogP contribution in [0.3, 0.4) is 0 Å². The van der Waals surface area contributed by atoms with Crippen molar-refractivity contribution < 1.29 is 5.11 Å². The number of rotatable bonds is 4. The molecule has 0 atom stereocenters. The summed E-state index contributed by atoms with van der Waals surface area (Å²) in [6, 6.07) is 8.28. The zero-order chi connectivity index (χ0) is 9.68. The molecule has 1 rings (SSSR count). The zero-order valence-electron chi connectivity index (χ0n) is 8.16. The van der Waals surface area contributed by atoms with Gasteiger partial charge in [-0.05, 0) is 18.1 Å². The average molecular weight is 196 g/mol. The highest BCUT2D eigenvalue weighted by atomic mass is 32.2. The molecule has 0 heterocycles. The Morgan fingerprint density at radius 3 is 2.62 bits per heavy atom. The van der Waals surface area contributed by atoms with Gasteiger partial charge < -0.3 is 5.11 Å². The van der Waals surface area contributed by atoms with Gasteiger partial charge in [0.2, 0.25) is 0 Å². The molecule has 0 spiro atoms. The Kier molecular flexibility index (Phi) is 4.33. The molecule has 0 saturated carbocycles. The van der Waals surface area contributed by atoms with Crippen LogP contribution in [0.15, 0.2) is 29.2 Å². The fourth-order valence-corrected chi connectivity index (χ4v) is 2.19. The van der Waals surface area contributed by atoms with E-state index in [1.54, 1.807) is 0 Å². The van der Waals surface area contributed by atoms with Crippen molar-refractivity contribution in [3.05, 3.63) is 29.8 Å². The van der Waals surface area contributed by atoms with Gasteiger partial charge in [-0.1, -0.05) is 32.0 Å². The van der Waals surface area contributed by atoms with Crippen molar-refractivity contribution in [1.82, 2.24) is 0 Å². The normalized spacial score (nSPS) is 10.8. The van der Waals surface area contributed by atoms with Crippen LogP contribution in [-0.2, 0) is 6.42 Å². The zero-order valence-corrected chi connectivity index (χ0v) is 8.97. The third kappa shape index (κ3) is 3.41. The van der Waals surface area contributed by atoms with Crippen molar-refractivity contribution in [2.24, 2.45) is 0 Å². The van der Waals surface area contributed by atoms with Crippen molar-refractivity contribution >= 4 is 11.8 Å². The van der Waals surface area contributed by atoms with Gasteiger partial charge in [-0.15, -0.1) is 11.8 Å². The molecule has 1 N–H and O–H groups in total. The number of hydrogen-bond acceptors (Lipinski definition) is 2. The van der Waals surface area contributed by atoms with Gasteiger partial charge in [0.25, 0.3) is 0 Å². The van der Waals surface area contributed by atoms with E-state index in [-0.39, 0.29) is 6.61 Å². The van der Waals surface area contributed by atoms with E-state index in [2.05, 4.69) is 26.0 Å². The van der Waals surface area contributed by atoms with Crippen LogP contribution in [0, 0.1) is 0 Å². The smallest absolute Gasteiger partial charge is 0.0471 e. The second-order valence-electron chi connectivity index (χ2n) is 3.25. The van der Waals surface area contributed by atoms with Crippen LogP contribution < -0.4 is 0 Å². The number of aliphatic hydroxyl groups is 1.